The van der Waals surface area contributed by atoms with Crippen LogP contribution in [0.2, 0.25) is 0 Å². The lowest BCUT2D eigenvalue weighted by Gasteiger charge is -2.25. The summed E-state index contributed by atoms with van der Waals surface area (Å²) >= 11 is 0. The van der Waals surface area contributed by atoms with Crippen molar-refractivity contribution in [2.24, 2.45) is 0 Å². The standard InChI is InChI=1S/C29H35N9O4/c1-7-14-36(19-10-11-19)26(39)20-17-31-38-24(35(6)28(41)42-29(3,4)5)16-22(34-25(20)38)33-21-9-8-15-37(27(21)40)23-12-13-30-18(2)32-23/h8-9,12-13,15-17,19H,7,10-11,14H2,1-6H3,(H,33,34). The number of nitrogens with one attached hydrogen (secondary N) is 1. The molecule has 0 unspecified atom stereocenters. The van der Waals surface area contributed by atoms with E-state index in [1.165, 1.54) is 20.2 Å². The molecular formula is C29H35N9O4. The first-order valence-electron chi connectivity index (χ1n) is 13.9. The number of anilines is 3. The van der Waals surface area contributed by atoms with Crippen molar-refractivity contribution in [2.45, 2.75) is 65.5 Å². The molecule has 220 valence electrons. The van der Waals surface area contributed by atoms with Crippen LogP contribution in [0.25, 0.3) is 11.5 Å². The number of hydrogen-bond donors (Lipinski definition) is 1. The lowest BCUT2D eigenvalue weighted by atomic mass is 10.2. The minimum Gasteiger partial charge on any atom is -0.443 e. The Hall–Kier alpha value is -4.81. The Bertz CT molecular complexity index is 1700. The number of amides is 2. The summed E-state index contributed by atoms with van der Waals surface area (Å²) in [6.45, 7) is 9.72. The van der Waals surface area contributed by atoms with Crippen LogP contribution in [0.5, 0.6) is 0 Å². The van der Waals surface area contributed by atoms with Crippen LogP contribution in [0, 0.1) is 6.92 Å². The Morgan fingerprint density at radius 2 is 1.95 bits per heavy atom. The molecule has 5 rings (SSSR count). The first kappa shape index (κ1) is 28.7. The van der Waals surface area contributed by atoms with Crippen LogP contribution in [0.4, 0.5) is 22.1 Å². The number of carbonyl (C=O) groups is 2. The van der Waals surface area contributed by atoms with Crippen molar-refractivity contribution >= 4 is 35.0 Å². The van der Waals surface area contributed by atoms with Gasteiger partial charge in [0.05, 0.1) is 6.20 Å². The van der Waals surface area contributed by atoms with Gasteiger partial charge < -0.3 is 15.0 Å². The number of aromatic nitrogens is 6. The van der Waals surface area contributed by atoms with Gasteiger partial charge in [0.1, 0.15) is 40.1 Å². The van der Waals surface area contributed by atoms with Crippen LogP contribution in [0.15, 0.2) is 47.7 Å². The summed E-state index contributed by atoms with van der Waals surface area (Å²) in [6, 6.07) is 6.75. The predicted octanol–water partition coefficient (Wildman–Crippen LogP) is 4.11. The van der Waals surface area contributed by atoms with Crippen molar-refractivity contribution in [1.29, 1.82) is 0 Å². The molecule has 13 heteroatoms. The molecule has 0 atom stereocenters. The van der Waals surface area contributed by atoms with Crippen LogP contribution in [-0.2, 0) is 4.74 Å². The zero-order valence-electron chi connectivity index (χ0n) is 24.7. The Morgan fingerprint density at radius 1 is 1.19 bits per heavy atom. The van der Waals surface area contributed by atoms with Gasteiger partial charge in [0, 0.05) is 38.1 Å². The molecule has 13 nitrogen and oxygen atoms in total. The number of hydrogen-bond acceptors (Lipinski definition) is 9. The molecule has 0 radical (unpaired) electrons. The minimum absolute atomic E-state index is 0.175. The highest BCUT2D eigenvalue weighted by molar-refractivity contribution is 6.01. The monoisotopic (exact) mass is 573 g/mol. The Morgan fingerprint density at radius 3 is 2.62 bits per heavy atom. The lowest BCUT2D eigenvalue weighted by molar-refractivity contribution is 0.0587. The second-order valence-electron chi connectivity index (χ2n) is 11.2. The molecule has 4 heterocycles. The zero-order valence-corrected chi connectivity index (χ0v) is 24.7. The number of rotatable bonds is 8. The van der Waals surface area contributed by atoms with Gasteiger partial charge >= 0.3 is 6.09 Å². The summed E-state index contributed by atoms with van der Waals surface area (Å²) in [6.07, 6.45) is 6.80. The molecule has 0 spiro atoms. The maximum absolute atomic E-state index is 13.7. The van der Waals surface area contributed by atoms with E-state index in [1.54, 1.807) is 71.4 Å². The molecule has 1 saturated carbocycles. The average molecular weight is 574 g/mol. The van der Waals surface area contributed by atoms with Gasteiger partial charge in [-0.25, -0.2) is 19.7 Å². The molecule has 42 heavy (non-hydrogen) atoms. The predicted molar refractivity (Wildman–Crippen MR) is 158 cm³/mol. The Kier molecular flexibility index (Phi) is 7.67. The molecule has 0 saturated heterocycles. The third-order valence-corrected chi connectivity index (χ3v) is 6.63. The maximum Gasteiger partial charge on any atom is 0.415 e. The van der Waals surface area contributed by atoms with E-state index in [2.05, 4.69) is 20.4 Å². The fraction of sp³-hybridized carbons (Fsp3) is 0.414. The van der Waals surface area contributed by atoms with Crippen LogP contribution in [-0.4, -0.2) is 71.3 Å². The van der Waals surface area contributed by atoms with Gasteiger partial charge in [-0.1, -0.05) is 6.92 Å². The van der Waals surface area contributed by atoms with Crippen LogP contribution in [0.1, 0.15) is 63.1 Å². The zero-order chi connectivity index (χ0) is 30.2. The molecule has 1 aliphatic carbocycles. The highest BCUT2D eigenvalue weighted by Gasteiger charge is 2.34. The molecule has 2 amide bonds. The number of carbonyl (C=O) groups excluding carboxylic acids is 2. The topological polar surface area (TPSA) is 140 Å². The number of nitrogens with zero attached hydrogens (tertiary/aromatic N) is 8. The fourth-order valence-corrected chi connectivity index (χ4v) is 4.54. The van der Waals surface area contributed by atoms with Gasteiger partial charge in [0.15, 0.2) is 5.65 Å². The highest BCUT2D eigenvalue weighted by atomic mass is 16.6. The smallest absolute Gasteiger partial charge is 0.415 e. The van der Waals surface area contributed by atoms with Gasteiger partial charge in [-0.05, 0) is 65.2 Å². The SMILES string of the molecule is CCCN(C(=O)c1cnn2c(N(C)C(=O)OC(C)(C)C)cc(Nc3cccn(-c4ccnc(C)n4)c3=O)nc12)C1CC1. The van der Waals surface area contributed by atoms with E-state index >= 15 is 0 Å². The van der Waals surface area contributed by atoms with Gasteiger partial charge in [-0.3, -0.25) is 19.1 Å². The molecule has 0 aliphatic heterocycles. The second-order valence-corrected chi connectivity index (χ2v) is 11.2. The average Bonchev–Trinajstić information content (AvgIpc) is 3.69. The van der Waals surface area contributed by atoms with Gasteiger partial charge in [0.25, 0.3) is 11.5 Å². The molecule has 1 aliphatic rings. The van der Waals surface area contributed by atoms with E-state index in [4.69, 9.17) is 9.72 Å². The summed E-state index contributed by atoms with van der Waals surface area (Å²) in [7, 11) is 1.55. The van der Waals surface area contributed by atoms with E-state index in [0.29, 0.717) is 29.6 Å². The fourth-order valence-electron chi connectivity index (χ4n) is 4.54. The third kappa shape index (κ3) is 5.94. The number of fused-ring (bicyclic) bond motifs is 1. The number of ether oxygens (including phenoxy) is 1. The molecule has 1 N–H and O–H groups in total. The third-order valence-electron chi connectivity index (χ3n) is 6.63. The molecule has 0 bridgehead atoms. The van der Waals surface area contributed by atoms with Crippen molar-refractivity contribution in [2.75, 3.05) is 23.8 Å². The van der Waals surface area contributed by atoms with E-state index in [1.807, 2.05) is 11.8 Å². The van der Waals surface area contributed by atoms with Crippen LogP contribution < -0.4 is 15.8 Å². The number of pyridine rings is 1. The van der Waals surface area contributed by atoms with Crippen molar-refractivity contribution in [3.05, 3.63) is 64.6 Å². The maximum atomic E-state index is 13.7. The van der Waals surface area contributed by atoms with Crippen LogP contribution >= 0.6 is 0 Å². The second kappa shape index (κ2) is 11.2. The quantitative estimate of drug-likeness (QED) is 0.330. The molecular weight excluding hydrogens is 538 g/mol. The molecule has 1 fully saturated rings. The van der Waals surface area contributed by atoms with Crippen molar-refractivity contribution < 1.29 is 14.3 Å². The Labute approximate surface area is 243 Å². The summed E-state index contributed by atoms with van der Waals surface area (Å²) in [5, 5.41) is 7.52. The van der Waals surface area contributed by atoms with E-state index in [0.717, 1.165) is 19.3 Å². The molecule has 4 aromatic heterocycles. The largest absolute Gasteiger partial charge is 0.443 e. The minimum atomic E-state index is -0.733. The van der Waals surface area contributed by atoms with Crippen LogP contribution in [0.3, 0.4) is 0 Å². The van der Waals surface area contributed by atoms with E-state index in [9.17, 15) is 14.4 Å². The lowest BCUT2D eigenvalue weighted by Crippen LogP contribution is -2.35. The normalized spacial score (nSPS) is 13.2. The van der Waals surface area contributed by atoms with Gasteiger partial charge in [-0.15, -0.1) is 0 Å². The summed E-state index contributed by atoms with van der Waals surface area (Å²) in [5.74, 6) is 1.31. The van der Waals surface area contributed by atoms with Crippen molar-refractivity contribution in [3.8, 4) is 5.82 Å². The summed E-state index contributed by atoms with van der Waals surface area (Å²) in [4.78, 5) is 56.5. The van der Waals surface area contributed by atoms with Gasteiger partial charge in [0.2, 0.25) is 0 Å². The van der Waals surface area contributed by atoms with E-state index in [-0.39, 0.29) is 34.7 Å². The first-order valence-corrected chi connectivity index (χ1v) is 13.9. The van der Waals surface area contributed by atoms with Gasteiger partial charge in [-0.2, -0.15) is 9.61 Å². The van der Waals surface area contributed by atoms with Crippen molar-refractivity contribution in [1.82, 2.24) is 34.0 Å². The van der Waals surface area contributed by atoms with E-state index < -0.39 is 11.7 Å². The Balaban J connectivity index is 1.60. The van der Waals surface area contributed by atoms with Crippen molar-refractivity contribution in [3.63, 3.8) is 0 Å². The summed E-state index contributed by atoms with van der Waals surface area (Å²) in [5.41, 5.74) is -0.329. The first-order chi connectivity index (χ1) is 20.0. The highest BCUT2D eigenvalue weighted by Crippen LogP contribution is 2.30. The molecule has 4 aromatic rings. The number of aryl methyl sites for hydroxylation is 1. The summed E-state index contributed by atoms with van der Waals surface area (Å²) < 4.78 is 8.42. The molecule has 0 aromatic carbocycles.